The molecule has 1 atom stereocenters. The van der Waals surface area contributed by atoms with Gasteiger partial charge in [0.2, 0.25) is 0 Å². The van der Waals surface area contributed by atoms with Crippen molar-refractivity contribution < 1.29 is 14.3 Å². The van der Waals surface area contributed by atoms with Gasteiger partial charge in [-0.15, -0.1) is 0 Å². The predicted octanol–water partition coefficient (Wildman–Crippen LogP) is 2.97. The van der Waals surface area contributed by atoms with Gasteiger partial charge in [0, 0.05) is 12.8 Å². The molecule has 1 aromatic rings. The molecule has 0 saturated heterocycles. The Morgan fingerprint density at radius 2 is 1.84 bits per heavy atom. The zero-order valence-corrected chi connectivity index (χ0v) is 16.3. The molecule has 0 aromatic heterocycles. The summed E-state index contributed by atoms with van der Waals surface area (Å²) in [4.78, 5) is 12.5. The molecule has 136 valence electrons. The summed E-state index contributed by atoms with van der Waals surface area (Å²) in [6.07, 6.45) is 0. The lowest BCUT2D eigenvalue weighted by Gasteiger charge is -2.30. The molecule has 0 fully saturated rings. The van der Waals surface area contributed by atoms with Crippen LogP contribution in [0.4, 0.5) is 0 Å². The molecular weight excluding hydrogens is 336 g/mol. The van der Waals surface area contributed by atoms with E-state index in [1.807, 2.05) is 19.1 Å². The molecule has 1 aliphatic rings. The molecule has 0 spiro atoms. The van der Waals surface area contributed by atoms with Crippen molar-refractivity contribution in [3.05, 3.63) is 46.7 Å². The topological polar surface area (TPSA) is 59.6 Å². The van der Waals surface area contributed by atoms with Crippen molar-refractivity contribution in [3.63, 3.8) is 0 Å². The number of allylic oxidation sites excluding steroid dienone is 1. The molecule has 0 saturated carbocycles. The molecule has 0 bridgehead atoms. The molecule has 25 heavy (non-hydrogen) atoms. The predicted molar refractivity (Wildman–Crippen MR) is 102 cm³/mol. The summed E-state index contributed by atoms with van der Waals surface area (Å²) >= 11 is 5.26. The lowest BCUT2D eigenvalue weighted by atomic mass is 9.85. The zero-order chi connectivity index (χ0) is 18.6. The molecule has 5 nitrogen and oxygen atoms in total. The first-order valence-corrected chi connectivity index (χ1v) is 8.69. The number of carbonyl (C=O) groups excluding carboxylic acids is 1. The minimum absolute atomic E-state index is 0.0725. The molecule has 1 unspecified atom stereocenters. The van der Waals surface area contributed by atoms with E-state index in [1.54, 1.807) is 7.11 Å². The molecule has 1 heterocycles. The molecule has 1 aromatic carbocycles. The van der Waals surface area contributed by atoms with Crippen LogP contribution < -0.4 is 10.6 Å². The van der Waals surface area contributed by atoms with Crippen molar-refractivity contribution in [2.24, 2.45) is 0 Å². The summed E-state index contributed by atoms with van der Waals surface area (Å²) in [6, 6.07) is 7.90. The van der Waals surface area contributed by atoms with Crippen LogP contribution in [0.3, 0.4) is 0 Å². The monoisotopic (exact) mass is 362 g/mol. The van der Waals surface area contributed by atoms with Crippen LogP contribution in [0, 0.1) is 0 Å². The maximum atomic E-state index is 12.5. The molecule has 0 amide bonds. The first kappa shape index (κ1) is 19.4. The molecule has 1 aliphatic heterocycles. The fourth-order valence-corrected chi connectivity index (χ4v) is 2.96. The minimum atomic E-state index is -0.373. The largest absolute Gasteiger partial charge is 0.460 e. The van der Waals surface area contributed by atoms with E-state index in [-0.39, 0.29) is 24.0 Å². The maximum Gasteiger partial charge on any atom is 0.338 e. The van der Waals surface area contributed by atoms with E-state index in [1.165, 1.54) is 5.56 Å². The normalized spacial score (nSPS) is 17.8. The number of nitrogens with one attached hydrogen (secondary N) is 2. The number of esters is 1. The van der Waals surface area contributed by atoms with Crippen molar-refractivity contribution in [1.82, 2.24) is 10.6 Å². The second kappa shape index (κ2) is 7.97. The van der Waals surface area contributed by atoms with Crippen LogP contribution >= 0.6 is 12.2 Å². The van der Waals surface area contributed by atoms with Crippen LogP contribution in [0.25, 0.3) is 0 Å². The first-order chi connectivity index (χ1) is 11.7. The highest BCUT2D eigenvalue weighted by molar-refractivity contribution is 7.80. The standard InChI is InChI=1S/C19H26N2O3S/c1-12-15(17(22)24-11-10-23-5)16(21-18(25)20-12)13-6-8-14(9-7-13)19(2,3)4/h6-9,16H,10-11H2,1-5H3,(H2,20,21,25). The van der Waals surface area contributed by atoms with Crippen LogP contribution in [-0.2, 0) is 19.7 Å². The fraction of sp³-hybridized carbons (Fsp3) is 0.474. The lowest BCUT2D eigenvalue weighted by Crippen LogP contribution is -2.45. The van der Waals surface area contributed by atoms with Gasteiger partial charge in [-0.3, -0.25) is 0 Å². The number of hydrogen-bond acceptors (Lipinski definition) is 4. The van der Waals surface area contributed by atoms with E-state index in [0.29, 0.717) is 23.0 Å². The molecular formula is C19H26N2O3S. The van der Waals surface area contributed by atoms with Crippen molar-refractivity contribution >= 4 is 23.3 Å². The Labute approximate surface area is 154 Å². The Bertz CT molecular complexity index is 675. The van der Waals surface area contributed by atoms with Crippen LogP contribution in [0.15, 0.2) is 35.5 Å². The fourth-order valence-electron chi connectivity index (χ4n) is 2.69. The van der Waals surface area contributed by atoms with Gasteiger partial charge in [0.05, 0.1) is 18.2 Å². The Hall–Kier alpha value is -1.92. The van der Waals surface area contributed by atoms with E-state index < -0.39 is 0 Å². The average molecular weight is 362 g/mol. The molecule has 0 aliphatic carbocycles. The lowest BCUT2D eigenvalue weighted by molar-refractivity contribution is -0.140. The molecule has 2 N–H and O–H groups in total. The van der Waals surface area contributed by atoms with Crippen molar-refractivity contribution in [1.29, 1.82) is 0 Å². The third-order valence-electron chi connectivity index (χ3n) is 4.12. The summed E-state index contributed by atoms with van der Waals surface area (Å²) < 4.78 is 10.2. The number of thiocarbonyl (C=S) groups is 1. The smallest absolute Gasteiger partial charge is 0.338 e. The highest BCUT2D eigenvalue weighted by Gasteiger charge is 2.31. The third-order valence-corrected chi connectivity index (χ3v) is 4.34. The van der Waals surface area contributed by atoms with Crippen LogP contribution in [-0.4, -0.2) is 31.4 Å². The van der Waals surface area contributed by atoms with Gasteiger partial charge < -0.3 is 20.1 Å². The first-order valence-electron chi connectivity index (χ1n) is 8.29. The Kier molecular flexibility index (Phi) is 6.19. The molecule has 6 heteroatoms. The van der Waals surface area contributed by atoms with Gasteiger partial charge in [-0.25, -0.2) is 4.79 Å². The molecule has 2 rings (SSSR count). The van der Waals surface area contributed by atoms with Gasteiger partial charge in [0.15, 0.2) is 5.11 Å². The van der Waals surface area contributed by atoms with Crippen molar-refractivity contribution in [2.45, 2.75) is 39.2 Å². The van der Waals surface area contributed by atoms with Gasteiger partial charge >= 0.3 is 5.97 Å². The van der Waals surface area contributed by atoms with E-state index in [0.717, 1.165) is 5.56 Å². The quantitative estimate of drug-likeness (QED) is 0.477. The van der Waals surface area contributed by atoms with E-state index >= 15 is 0 Å². The summed E-state index contributed by atoms with van der Waals surface area (Å²) in [5.41, 5.74) is 3.51. The van der Waals surface area contributed by atoms with Gasteiger partial charge in [0.1, 0.15) is 6.61 Å². The van der Waals surface area contributed by atoms with Crippen LogP contribution in [0.2, 0.25) is 0 Å². The maximum absolute atomic E-state index is 12.5. The number of methoxy groups -OCH3 is 1. The Morgan fingerprint density at radius 3 is 2.40 bits per heavy atom. The summed E-state index contributed by atoms with van der Waals surface area (Å²) in [6.45, 7) is 8.92. The number of hydrogen-bond donors (Lipinski definition) is 2. The van der Waals surface area contributed by atoms with Crippen molar-refractivity contribution in [2.75, 3.05) is 20.3 Å². The Morgan fingerprint density at radius 1 is 1.20 bits per heavy atom. The second-order valence-corrected chi connectivity index (χ2v) is 7.48. The van der Waals surface area contributed by atoms with Crippen LogP contribution in [0.1, 0.15) is 44.9 Å². The number of benzene rings is 1. The number of rotatable bonds is 5. The summed E-state index contributed by atoms with van der Waals surface area (Å²) in [7, 11) is 1.57. The number of carbonyl (C=O) groups is 1. The molecule has 0 radical (unpaired) electrons. The second-order valence-electron chi connectivity index (χ2n) is 7.07. The summed E-state index contributed by atoms with van der Waals surface area (Å²) in [5.74, 6) is -0.373. The minimum Gasteiger partial charge on any atom is -0.460 e. The van der Waals surface area contributed by atoms with E-state index in [4.69, 9.17) is 21.7 Å². The van der Waals surface area contributed by atoms with Crippen LogP contribution in [0.5, 0.6) is 0 Å². The van der Waals surface area contributed by atoms with Gasteiger partial charge in [-0.05, 0) is 35.7 Å². The highest BCUT2D eigenvalue weighted by atomic mass is 32.1. The third kappa shape index (κ3) is 4.80. The average Bonchev–Trinajstić information content (AvgIpc) is 2.53. The SMILES string of the molecule is COCCOC(=O)C1=C(C)NC(=S)NC1c1ccc(C(C)(C)C)cc1. The zero-order valence-electron chi connectivity index (χ0n) is 15.4. The van der Waals surface area contributed by atoms with Gasteiger partial charge in [-0.2, -0.15) is 0 Å². The van der Waals surface area contributed by atoms with Gasteiger partial charge in [0.25, 0.3) is 0 Å². The van der Waals surface area contributed by atoms with E-state index in [2.05, 4.69) is 43.5 Å². The van der Waals surface area contributed by atoms with E-state index in [9.17, 15) is 4.79 Å². The van der Waals surface area contributed by atoms with Crippen molar-refractivity contribution in [3.8, 4) is 0 Å². The van der Waals surface area contributed by atoms with Gasteiger partial charge in [-0.1, -0.05) is 45.0 Å². The highest BCUT2D eigenvalue weighted by Crippen LogP contribution is 2.30. The number of ether oxygens (including phenoxy) is 2. The summed E-state index contributed by atoms with van der Waals surface area (Å²) in [5, 5.41) is 6.67. The Balaban J connectivity index is 2.30.